The van der Waals surface area contributed by atoms with E-state index in [1.807, 2.05) is 0 Å². The van der Waals surface area contributed by atoms with E-state index in [1.54, 1.807) is 0 Å². The second kappa shape index (κ2) is 9.30. The van der Waals surface area contributed by atoms with Crippen molar-refractivity contribution in [3.8, 4) is 11.1 Å². The van der Waals surface area contributed by atoms with Crippen molar-refractivity contribution in [3.05, 3.63) is 24.3 Å². The van der Waals surface area contributed by atoms with Crippen LogP contribution in [0.3, 0.4) is 0 Å². The van der Waals surface area contributed by atoms with Gasteiger partial charge in [-0.2, -0.15) is 0 Å². The summed E-state index contributed by atoms with van der Waals surface area (Å²) in [6.07, 6.45) is 0. The third-order valence-electron chi connectivity index (χ3n) is 2.56. The average molecular weight is 258 g/mol. The summed E-state index contributed by atoms with van der Waals surface area (Å²) in [6.45, 7) is 10.1. The zero-order valence-electron chi connectivity index (χ0n) is 10.5. The molecule has 1 atom stereocenters. The van der Waals surface area contributed by atoms with Crippen LogP contribution in [0.25, 0.3) is 11.1 Å². The third-order valence-corrected chi connectivity index (χ3v) is 2.56. The fraction of sp³-hybridized carbons (Fsp3) is 0.500. The van der Waals surface area contributed by atoms with Gasteiger partial charge >= 0.3 is 0 Å². The minimum atomic E-state index is -2.86. The molecule has 2 rings (SSSR count). The Morgan fingerprint density at radius 3 is 1.29 bits per heavy atom. The van der Waals surface area contributed by atoms with Gasteiger partial charge in [0.25, 0.3) is 0 Å². The first-order valence-corrected chi connectivity index (χ1v) is 6.69. The zero-order valence-corrected chi connectivity index (χ0v) is 11.4. The van der Waals surface area contributed by atoms with Crippen molar-refractivity contribution in [3.63, 3.8) is 0 Å². The monoisotopic (exact) mass is 258 g/mol. The van der Waals surface area contributed by atoms with Crippen LogP contribution in [-0.2, 0) is 11.4 Å². The number of benzene rings is 1. The molecule has 0 aromatic heterocycles. The highest BCUT2D eigenvalue weighted by molar-refractivity contribution is 7.73. The van der Waals surface area contributed by atoms with Gasteiger partial charge in [0.1, 0.15) is 0 Å². The summed E-state index contributed by atoms with van der Waals surface area (Å²) in [6, 6.07) is 8.48. The van der Waals surface area contributed by atoms with Crippen molar-refractivity contribution >= 4 is 11.4 Å². The minimum Gasteiger partial charge on any atom is -0.750 e. The van der Waals surface area contributed by atoms with Crippen LogP contribution in [0, 0.1) is 0 Å². The van der Waals surface area contributed by atoms with Crippen molar-refractivity contribution in [2.24, 2.45) is 0 Å². The molecule has 1 unspecified atom stereocenters. The molecule has 2 aliphatic carbocycles. The smallest absolute Gasteiger partial charge is 0.0814 e. The highest BCUT2D eigenvalue weighted by Gasteiger charge is 2.03. The highest BCUT2D eigenvalue weighted by Crippen LogP contribution is 2.29. The van der Waals surface area contributed by atoms with E-state index in [9.17, 15) is 0 Å². The molecule has 0 saturated carbocycles. The van der Waals surface area contributed by atoms with Crippen LogP contribution in [0.2, 0.25) is 0 Å². The number of hydrogen-bond acceptors (Lipinski definition) is 3. The molecule has 0 aromatic rings. The Bertz CT molecular complexity index is 293. The molecule has 0 aliphatic heterocycles. The summed E-state index contributed by atoms with van der Waals surface area (Å²) in [4.78, 5) is 2.38. The maximum Gasteiger partial charge on any atom is 0.0814 e. The lowest BCUT2D eigenvalue weighted by molar-refractivity contribution is 0.321. The molecular formula is C12H20NO3S-. The first-order chi connectivity index (χ1) is 8.04. The predicted molar refractivity (Wildman–Crippen MR) is 70.4 cm³/mol. The molecule has 0 radical (unpaired) electrons. The number of hydrogen-bond donors (Lipinski definition) is 1. The lowest BCUT2D eigenvalue weighted by atomic mass is 9.95. The Kier molecular flexibility index (Phi) is 8.89. The number of rotatable bonds is 3. The van der Waals surface area contributed by atoms with Gasteiger partial charge in [-0.1, -0.05) is 45.0 Å². The quantitative estimate of drug-likeness (QED) is 0.858. The summed E-state index contributed by atoms with van der Waals surface area (Å²) in [7, 11) is 0. The number of fused-ring (bicyclic) bond motifs is 1. The van der Waals surface area contributed by atoms with Gasteiger partial charge < -0.3 is 14.0 Å². The Hall–Kier alpha value is -0.750. The molecule has 2 aliphatic rings. The maximum absolute atomic E-state index is 8.56. The van der Waals surface area contributed by atoms with Crippen molar-refractivity contribution in [1.82, 2.24) is 4.90 Å². The lowest BCUT2D eigenvalue weighted by Gasteiger charge is -2.13. The van der Waals surface area contributed by atoms with Gasteiger partial charge in [-0.15, -0.1) is 0 Å². The van der Waals surface area contributed by atoms with E-state index in [4.69, 9.17) is 13.3 Å². The first-order valence-electron chi connectivity index (χ1n) is 5.66. The van der Waals surface area contributed by atoms with E-state index < -0.39 is 11.4 Å². The summed E-state index contributed by atoms with van der Waals surface area (Å²) in [5, 5.41) is 0. The van der Waals surface area contributed by atoms with Crippen LogP contribution >= 0.6 is 0 Å². The van der Waals surface area contributed by atoms with Crippen LogP contribution in [0.5, 0.6) is 0 Å². The molecule has 0 heterocycles. The largest absolute Gasteiger partial charge is 0.750 e. The van der Waals surface area contributed by atoms with E-state index in [-0.39, 0.29) is 0 Å². The second-order valence-corrected chi connectivity index (χ2v) is 3.85. The zero-order chi connectivity index (χ0) is 13.3. The van der Waals surface area contributed by atoms with Crippen molar-refractivity contribution < 1.29 is 13.3 Å². The Labute approximate surface area is 106 Å². The van der Waals surface area contributed by atoms with Gasteiger partial charge in [0.05, 0.1) is 11.4 Å². The summed E-state index contributed by atoms with van der Waals surface area (Å²) in [5.41, 5.74) is 2.85. The summed E-state index contributed by atoms with van der Waals surface area (Å²) >= 11 is -2.86. The normalized spacial score (nSPS) is 11.9. The molecule has 4 nitrogen and oxygen atoms in total. The standard InChI is InChI=1S/C6H15N.C6H4.H2O3S/c1-4-7(5-2)6-3;1-2-6-4-3-5(1)6;1-4(2)3/h4-6H2,1-3H3;1-4H;(H2,1,2,3)/p-1. The van der Waals surface area contributed by atoms with Crippen LogP contribution in [0.4, 0.5) is 0 Å². The van der Waals surface area contributed by atoms with Crippen molar-refractivity contribution in [2.45, 2.75) is 20.8 Å². The fourth-order valence-corrected chi connectivity index (χ4v) is 1.33. The van der Waals surface area contributed by atoms with Crippen LogP contribution in [-0.4, -0.2) is 37.8 Å². The van der Waals surface area contributed by atoms with E-state index in [0.29, 0.717) is 0 Å². The third kappa shape index (κ3) is 7.23. The molecule has 98 valence electrons. The average Bonchev–Trinajstić information content (AvgIpc) is 2.26. The van der Waals surface area contributed by atoms with E-state index >= 15 is 0 Å². The highest BCUT2D eigenvalue weighted by atomic mass is 32.2. The van der Waals surface area contributed by atoms with E-state index in [0.717, 1.165) is 0 Å². The molecule has 0 aromatic carbocycles. The fourth-order valence-electron chi connectivity index (χ4n) is 1.33. The topological polar surface area (TPSA) is 63.6 Å². The molecule has 1 N–H and O–H groups in total. The molecule has 17 heavy (non-hydrogen) atoms. The van der Waals surface area contributed by atoms with Gasteiger partial charge in [-0.25, -0.2) is 4.21 Å². The molecule has 0 fully saturated rings. The Morgan fingerprint density at radius 1 is 1.06 bits per heavy atom. The molecule has 0 saturated heterocycles. The van der Waals surface area contributed by atoms with Crippen LogP contribution in [0.1, 0.15) is 20.8 Å². The Balaban J connectivity index is 0.000000235. The van der Waals surface area contributed by atoms with Gasteiger partial charge in [-0.05, 0) is 30.8 Å². The predicted octanol–water partition coefficient (Wildman–Crippen LogP) is 2.35. The Morgan fingerprint density at radius 2 is 1.29 bits per heavy atom. The number of nitrogens with zero attached hydrogens (tertiary/aromatic N) is 1. The lowest BCUT2D eigenvalue weighted by Crippen LogP contribution is -2.21. The SMILES string of the molecule is CCN(CC)CC.O=S([O-])O.c1cc2ccc1-2. The van der Waals surface area contributed by atoms with Gasteiger partial charge in [-0.3, -0.25) is 0 Å². The van der Waals surface area contributed by atoms with Crippen LogP contribution in [0.15, 0.2) is 24.3 Å². The van der Waals surface area contributed by atoms with Gasteiger partial charge in [0.2, 0.25) is 0 Å². The van der Waals surface area contributed by atoms with Gasteiger partial charge in [0.15, 0.2) is 0 Å². The first kappa shape index (κ1) is 16.2. The van der Waals surface area contributed by atoms with Crippen molar-refractivity contribution in [1.29, 1.82) is 0 Å². The summed E-state index contributed by atoms with van der Waals surface area (Å²) in [5.74, 6) is 0. The van der Waals surface area contributed by atoms with E-state index in [2.05, 4.69) is 49.9 Å². The van der Waals surface area contributed by atoms with E-state index in [1.165, 1.54) is 30.8 Å². The van der Waals surface area contributed by atoms with Crippen LogP contribution < -0.4 is 0 Å². The molecule has 5 heteroatoms. The van der Waals surface area contributed by atoms with Gasteiger partial charge in [0, 0.05) is 0 Å². The maximum atomic E-state index is 8.56. The molecule has 0 bridgehead atoms. The van der Waals surface area contributed by atoms with Crippen molar-refractivity contribution in [2.75, 3.05) is 19.6 Å². The molecule has 0 spiro atoms. The molecular weight excluding hydrogens is 238 g/mol. The second-order valence-electron chi connectivity index (χ2n) is 3.41. The minimum absolute atomic E-state index is 1.19. The summed E-state index contributed by atoms with van der Waals surface area (Å²) < 4.78 is 24.1. The molecule has 0 amide bonds.